The van der Waals surface area contributed by atoms with Crippen molar-refractivity contribution in [2.24, 2.45) is 0 Å². The van der Waals surface area contributed by atoms with Crippen molar-refractivity contribution in [2.45, 2.75) is 50.4 Å². The number of nitrogens with two attached hydrogens (primary N) is 1. The number of nitrogens with zero attached hydrogens (tertiary/aromatic N) is 4. The minimum Gasteiger partial charge on any atom is -0.383 e. The molecule has 1 fully saturated rings. The van der Waals surface area contributed by atoms with E-state index >= 15 is 0 Å². The summed E-state index contributed by atoms with van der Waals surface area (Å²) in [4.78, 5) is 23.9. The lowest BCUT2D eigenvalue weighted by Crippen LogP contribution is -2.30. The van der Waals surface area contributed by atoms with Gasteiger partial charge in [-0.1, -0.05) is 18.9 Å². The van der Waals surface area contributed by atoms with Gasteiger partial charge >= 0.3 is 12.4 Å². The van der Waals surface area contributed by atoms with E-state index in [0.717, 1.165) is 37.8 Å². The van der Waals surface area contributed by atoms with Crippen LogP contribution in [0.4, 0.5) is 37.8 Å². The number of aromatic nitrogens is 2. The molecule has 2 aliphatic heterocycles. The van der Waals surface area contributed by atoms with E-state index in [2.05, 4.69) is 9.97 Å². The van der Waals surface area contributed by atoms with Crippen LogP contribution in [0.3, 0.4) is 0 Å². The zero-order valence-electron chi connectivity index (χ0n) is 22.8. The minimum atomic E-state index is -4.71. The van der Waals surface area contributed by atoms with Crippen LogP contribution in [0.1, 0.15) is 60.4 Å². The fourth-order valence-corrected chi connectivity index (χ4v) is 5.55. The number of hydrogen-bond acceptors (Lipinski definition) is 5. The lowest BCUT2D eigenvalue weighted by atomic mass is 9.83. The number of nitrogen functional groups attached to an aromatic ring is 1. The largest absolute Gasteiger partial charge is 0.419 e. The molecule has 2 aliphatic rings. The Kier molecular flexibility index (Phi) is 7.91. The molecule has 0 radical (unpaired) electrons. The smallest absolute Gasteiger partial charge is 0.383 e. The molecule has 4 heterocycles. The second kappa shape index (κ2) is 11.3. The van der Waals surface area contributed by atoms with Gasteiger partial charge in [0.25, 0.3) is 0 Å². The van der Waals surface area contributed by atoms with Crippen molar-refractivity contribution in [1.82, 2.24) is 14.9 Å². The van der Waals surface area contributed by atoms with Crippen molar-refractivity contribution in [1.29, 1.82) is 0 Å². The molecule has 12 heteroatoms. The Balaban J connectivity index is 1.57. The fraction of sp³-hybridized carbons (Fsp3) is 0.367. The van der Waals surface area contributed by atoms with E-state index in [9.17, 15) is 31.1 Å². The van der Waals surface area contributed by atoms with Crippen LogP contribution in [0.5, 0.6) is 0 Å². The van der Waals surface area contributed by atoms with Gasteiger partial charge in [-0.3, -0.25) is 9.78 Å². The van der Waals surface area contributed by atoms with Gasteiger partial charge in [-0.15, -0.1) is 0 Å². The number of hydrogen-bond donors (Lipinski definition) is 1. The van der Waals surface area contributed by atoms with Gasteiger partial charge < -0.3 is 15.5 Å². The number of rotatable bonds is 4. The standard InChI is InChI=1S/C30H29F6N5O/c1-40-17-22(25-14-18(8-9-38-25)20-13-24(30(34,35)36)28(37)39-16-20)21(15-27(40)42)19-6-7-26(23(12-19)29(31,32)33)41-10-4-2-3-5-11-41/h6-9,12-14,16-17,21H,2-5,10-11,15H2,1H3,(H2,37,39)/t21-/m1/s1. The number of carbonyl (C=O) groups excluding carboxylic acids is 1. The molecule has 5 rings (SSSR count). The Bertz CT molecular complexity index is 1510. The number of carbonyl (C=O) groups is 1. The molecular weight excluding hydrogens is 560 g/mol. The van der Waals surface area contributed by atoms with Crippen LogP contribution in [0.25, 0.3) is 16.7 Å². The summed E-state index contributed by atoms with van der Waals surface area (Å²) >= 11 is 0. The molecule has 1 aromatic carbocycles. The molecule has 0 unspecified atom stereocenters. The van der Waals surface area contributed by atoms with E-state index in [-0.39, 0.29) is 23.6 Å². The summed E-state index contributed by atoms with van der Waals surface area (Å²) in [5.41, 5.74) is 5.29. The molecule has 1 amide bonds. The molecule has 3 aromatic rings. The van der Waals surface area contributed by atoms with Crippen LogP contribution in [0, 0.1) is 0 Å². The zero-order valence-corrected chi connectivity index (χ0v) is 22.8. The van der Waals surface area contributed by atoms with Gasteiger partial charge in [0, 0.05) is 67.9 Å². The first-order valence-corrected chi connectivity index (χ1v) is 13.6. The quantitative estimate of drug-likeness (QED) is 0.328. The van der Waals surface area contributed by atoms with Crippen molar-refractivity contribution in [3.63, 3.8) is 0 Å². The Hall–Kier alpha value is -4.09. The topological polar surface area (TPSA) is 75.4 Å². The third-order valence-corrected chi connectivity index (χ3v) is 7.77. The molecule has 6 nitrogen and oxygen atoms in total. The molecule has 0 aliphatic carbocycles. The average Bonchev–Trinajstić information content (AvgIpc) is 3.23. The molecule has 0 bridgehead atoms. The van der Waals surface area contributed by atoms with Gasteiger partial charge in [0.15, 0.2) is 0 Å². The molecule has 1 saturated heterocycles. The van der Waals surface area contributed by atoms with Crippen molar-refractivity contribution in [2.75, 3.05) is 30.8 Å². The van der Waals surface area contributed by atoms with Crippen LogP contribution < -0.4 is 10.6 Å². The van der Waals surface area contributed by atoms with Crippen LogP contribution in [-0.2, 0) is 17.1 Å². The van der Waals surface area contributed by atoms with Gasteiger partial charge in [0.1, 0.15) is 5.82 Å². The highest BCUT2D eigenvalue weighted by Crippen LogP contribution is 2.44. The van der Waals surface area contributed by atoms with Crippen molar-refractivity contribution in [3.8, 4) is 11.1 Å². The predicted octanol–water partition coefficient (Wildman–Crippen LogP) is 7.13. The van der Waals surface area contributed by atoms with Gasteiger partial charge in [-0.25, -0.2) is 4.98 Å². The first-order valence-electron chi connectivity index (χ1n) is 13.6. The van der Waals surface area contributed by atoms with E-state index in [1.165, 1.54) is 48.7 Å². The minimum absolute atomic E-state index is 0.101. The van der Waals surface area contributed by atoms with Crippen LogP contribution in [0.15, 0.2) is 55.0 Å². The summed E-state index contributed by atoms with van der Waals surface area (Å²) in [5.74, 6) is -1.70. The number of halogens is 6. The summed E-state index contributed by atoms with van der Waals surface area (Å²) in [6.07, 6.45) is -1.74. The number of anilines is 2. The number of amides is 1. The molecule has 1 atom stereocenters. The lowest BCUT2D eigenvalue weighted by Gasteiger charge is -2.31. The first kappa shape index (κ1) is 29.4. The maximum absolute atomic E-state index is 14.4. The highest BCUT2D eigenvalue weighted by Gasteiger charge is 2.38. The molecule has 42 heavy (non-hydrogen) atoms. The summed E-state index contributed by atoms with van der Waals surface area (Å²) in [6, 6.07) is 8.14. The monoisotopic (exact) mass is 589 g/mol. The second-order valence-electron chi connectivity index (χ2n) is 10.6. The number of pyridine rings is 2. The molecular formula is C30H29F6N5O. The van der Waals surface area contributed by atoms with Crippen LogP contribution in [0.2, 0.25) is 0 Å². The number of alkyl halides is 6. The van der Waals surface area contributed by atoms with Crippen LogP contribution in [-0.4, -0.2) is 40.9 Å². The lowest BCUT2D eigenvalue weighted by molar-refractivity contribution is -0.138. The third-order valence-electron chi connectivity index (χ3n) is 7.77. The average molecular weight is 590 g/mol. The van der Waals surface area contributed by atoms with Gasteiger partial charge in [-0.05, 0) is 54.3 Å². The highest BCUT2D eigenvalue weighted by atomic mass is 19.4. The second-order valence-corrected chi connectivity index (χ2v) is 10.6. The Labute approximate surface area is 238 Å². The van der Waals surface area contributed by atoms with E-state index in [1.54, 1.807) is 11.0 Å². The molecule has 0 spiro atoms. The maximum Gasteiger partial charge on any atom is 0.419 e. The third kappa shape index (κ3) is 6.07. The van der Waals surface area contributed by atoms with Crippen LogP contribution >= 0.6 is 0 Å². The number of allylic oxidation sites excluding steroid dienone is 1. The van der Waals surface area contributed by atoms with Gasteiger partial charge in [0.2, 0.25) is 5.91 Å². The number of benzene rings is 1. The zero-order chi connectivity index (χ0) is 30.2. The Morgan fingerprint density at radius 1 is 0.857 bits per heavy atom. The van der Waals surface area contributed by atoms with E-state index in [1.807, 2.05) is 0 Å². The van der Waals surface area contributed by atoms with Crippen molar-refractivity contribution in [3.05, 3.63) is 77.4 Å². The molecule has 222 valence electrons. The summed E-state index contributed by atoms with van der Waals surface area (Å²) in [6.45, 7) is 1.07. The van der Waals surface area contributed by atoms with Gasteiger partial charge in [0.05, 0.1) is 16.8 Å². The first-order chi connectivity index (χ1) is 19.8. The summed E-state index contributed by atoms with van der Waals surface area (Å²) in [7, 11) is 1.53. The predicted molar refractivity (Wildman–Crippen MR) is 147 cm³/mol. The van der Waals surface area contributed by atoms with Crippen molar-refractivity contribution >= 4 is 23.0 Å². The Morgan fingerprint density at radius 2 is 1.55 bits per heavy atom. The summed E-state index contributed by atoms with van der Waals surface area (Å²) in [5, 5.41) is 0. The highest BCUT2D eigenvalue weighted by molar-refractivity contribution is 5.88. The maximum atomic E-state index is 14.4. The molecule has 0 saturated carbocycles. The Morgan fingerprint density at radius 3 is 2.21 bits per heavy atom. The molecule has 2 aromatic heterocycles. The van der Waals surface area contributed by atoms with E-state index in [0.29, 0.717) is 35.5 Å². The SMILES string of the molecule is CN1C=C(c2cc(-c3cnc(N)c(C(F)(F)F)c3)ccn2)[C@@H](c2ccc(N3CCCCCC3)c(C(F)(F)F)c2)CC1=O. The summed E-state index contributed by atoms with van der Waals surface area (Å²) < 4.78 is 83.5. The normalized spacial score (nSPS) is 18.6. The van der Waals surface area contributed by atoms with Gasteiger partial charge in [-0.2, -0.15) is 26.3 Å². The van der Waals surface area contributed by atoms with E-state index < -0.39 is 35.2 Å². The molecule has 2 N–H and O–H groups in total. The fourth-order valence-electron chi connectivity index (χ4n) is 5.55. The van der Waals surface area contributed by atoms with E-state index in [4.69, 9.17) is 5.73 Å². The van der Waals surface area contributed by atoms with Crippen molar-refractivity contribution < 1.29 is 31.1 Å².